The van der Waals surface area contributed by atoms with Crippen molar-refractivity contribution < 1.29 is 40.6 Å². The molecule has 0 amide bonds. The van der Waals surface area contributed by atoms with Crippen LogP contribution in [0.15, 0.2) is 42.5 Å². The molecule has 38 heavy (non-hydrogen) atoms. The van der Waals surface area contributed by atoms with Crippen molar-refractivity contribution >= 4 is 10.8 Å². The molecule has 1 aliphatic rings. The monoisotopic (exact) mass is 540 g/mol. The molecule has 0 aromatic heterocycles. The number of unbranched alkanes of at least 4 members (excludes halogenated alkanes) is 2. The van der Waals surface area contributed by atoms with Crippen LogP contribution >= 0.6 is 0 Å². The molecule has 0 radical (unpaired) electrons. The van der Waals surface area contributed by atoms with E-state index in [9.17, 15) is 22.0 Å². The SMILES string of the molecule is CCCCCC1COC(c2ccc3c(F)c(CCc4cc(F)c(OCC(F)(F)F)c(F)c4)ccc3c2)OC1. The smallest absolute Gasteiger partial charge is 0.422 e. The van der Waals surface area contributed by atoms with Gasteiger partial charge in [0.05, 0.1) is 13.2 Å². The first-order valence-corrected chi connectivity index (χ1v) is 12.8. The minimum absolute atomic E-state index is 0.0804. The van der Waals surface area contributed by atoms with E-state index in [0.717, 1.165) is 30.5 Å². The van der Waals surface area contributed by atoms with Crippen molar-refractivity contribution in [1.82, 2.24) is 0 Å². The first-order valence-electron chi connectivity index (χ1n) is 12.8. The molecular formula is C29H30F6O3. The highest BCUT2D eigenvalue weighted by Crippen LogP contribution is 2.31. The van der Waals surface area contributed by atoms with Crippen LogP contribution < -0.4 is 4.74 Å². The molecular weight excluding hydrogens is 510 g/mol. The normalized spacial score (nSPS) is 18.2. The minimum Gasteiger partial charge on any atom is -0.478 e. The van der Waals surface area contributed by atoms with Crippen molar-refractivity contribution in [3.05, 3.63) is 76.6 Å². The van der Waals surface area contributed by atoms with E-state index in [-0.39, 0.29) is 18.4 Å². The number of hydrogen-bond acceptors (Lipinski definition) is 3. The van der Waals surface area contributed by atoms with Gasteiger partial charge in [-0.15, -0.1) is 0 Å². The van der Waals surface area contributed by atoms with Gasteiger partial charge in [-0.25, -0.2) is 13.2 Å². The average molecular weight is 541 g/mol. The Bertz CT molecular complexity index is 1210. The summed E-state index contributed by atoms with van der Waals surface area (Å²) in [5.41, 5.74) is 1.33. The van der Waals surface area contributed by atoms with Gasteiger partial charge in [0.25, 0.3) is 0 Å². The third-order valence-electron chi connectivity index (χ3n) is 6.63. The second-order valence-electron chi connectivity index (χ2n) is 9.67. The summed E-state index contributed by atoms with van der Waals surface area (Å²) in [6.07, 6.45) is -0.421. The summed E-state index contributed by atoms with van der Waals surface area (Å²) in [6, 6.07) is 10.4. The second-order valence-corrected chi connectivity index (χ2v) is 9.67. The number of alkyl halides is 3. The standard InChI is InChI=1S/C29H30F6O3/c1-2-3-4-5-19-15-36-28(37-16-19)22-10-11-23-21(14-22)9-8-20(26(23)32)7-6-18-12-24(30)27(25(31)13-18)38-17-29(33,34)35/h8-14,19,28H,2-7,15-17H2,1H3. The van der Waals surface area contributed by atoms with Gasteiger partial charge < -0.3 is 14.2 Å². The average Bonchev–Trinajstić information content (AvgIpc) is 2.87. The zero-order valence-corrected chi connectivity index (χ0v) is 21.1. The van der Waals surface area contributed by atoms with Crippen LogP contribution in [0.25, 0.3) is 10.8 Å². The number of aryl methyl sites for hydroxylation is 2. The van der Waals surface area contributed by atoms with Crippen molar-refractivity contribution in [3.8, 4) is 5.75 Å². The van der Waals surface area contributed by atoms with E-state index in [4.69, 9.17) is 9.47 Å². The first-order chi connectivity index (χ1) is 18.1. The van der Waals surface area contributed by atoms with E-state index < -0.39 is 42.3 Å². The number of hydrogen-bond donors (Lipinski definition) is 0. The Kier molecular flexibility index (Phi) is 9.20. The molecule has 1 saturated heterocycles. The van der Waals surface area contributed by atoms with Crippen LogP contribution in [0.4, 0.5) is 26.3 Å². The number of benzene rings is 3. The van der Waals surface area contributed by atoms with Crippen LogP contribution in [-0.4, -0.2) is 26.0 Å². The van der Waals surface area contributed by atoms with Crippen LogP contribution in [0, 0.1) is 23.4 Å². The molecule has 0 saturated carbocycles. The van der Waals surface area contributed by atoms with Gasteiger partial charge in [0.2, 0.25) is 0 Å². The maximum Gasteiger partial charge on any atom is 0.422 e. The molecule has 9 heteroatoms. The highest BCUT2D eigenvalue weighted by Gasteiger charge is 2.30. The Labute approximate surface area is 217 Å². The molecule has 206 valence electrons. The molecule has 0 atom stereocenters. The van der Waals surface area contributed by atoms with Gasteiger partial charge >= 0.3 is 6.18 Å². The van der Waals surface area contributed by atoms with E-state index in [0.29, 0.717) is 35.5 Å². The Balaban J connectivity index is 1.39. The van der Waals surface area contributed by atoms with E-state index >= 15 is 4.39 Å². The summed E-state index contributed by atoms with van der Waals surface area (Å²) in [7, 11) is 0. The maximum absolute atomic E-state index is 15.2. The van der Waals surface area contributed by atoms with Crippen LogP contribution in [0.1, 0.15) is 55.6 Å². The molecule has 3 aromatic carbocycles. The van der Waals surface area contributed by atoms with E-state index in [1.165, 1.54) is 12.8 Å². The minimum atomic E-state index is -4.72. The van der Waals surface area contributed by atoms with Crippen molar-refractivity contribution in [1.29, 1.82) is 0 Å². The van der Waals surface area contributed by atoms with E-state index in [1.54, 1.807) is 24.3 Å². The molecule has 0 unspecified atom stereocenters. The quantitative estimate of drug-likeness (QED) is 0.192. The molecule has 4 rings (SSSR count). The number of rotatable bonds is 10. The molecule has 0 aliphatic carbocycles. The first kappa shape index (κ1) is 28.2. The lowest BCUT2D eigenvalue weighted by Crippen LogP contribution is -2.27. The summed E-state index contributed by atoms with van der Waals surface area (Å²) in [4.78, 5) is 0. The predicted octanol–water partition coefficient (Wildman–Crippen LogP) is 8.23. The van der Waals surface area contributed by atoms with E-state index in [1.807, 2.05) is 6.07 Å². The topological polar surface area (TPSA) is 27.7 Å². The van der Waals surface area contributed by atoms with Crippen LogP contribution in [0.5, 0.6) is 5.75 Å². The van der Waals surface area contributed by atoms with Crippen molar-refractivity contribution in [2.45, 2.75) is 57.9 Å². The van der Waals surface area contributed by atoms with Gasteiger partial charge in [0.1, 0.15) is 5.82 Å². The van der Waals surface area contributed by atoms with Crippen LogP contribution in [0.2, 0.25) is 0 Å². The molecule has 1 aliphatic heterocycles. The zero-order chi connectivity index (χ0) is 27.3. The second kappa shape index (κ2) is 12.4. The van der Waals surface area contributed by atoms with E-state index in [2.05, 4.69) is 11.7 Å². The Morgan fingerprint density at radius 3 is 2.26 bits per heavy atom. The lowest BCUT2D eigenvalue weighted by atomic mass is 9.98. The third kappa shape index (κ3) is 7.20. The summed E-state index contributed by atoms with van der Waals surface area (Å²) < 4.78 is 96.5. The highest BCUT2D eigenvalue weighted by molar-refractivity contribution is 5.84. The lowest BCUT2D eigenvalue weighted by molar-refractivity contribution is -0.206. The Hall–Kier alpha value is -2.78. The molecule has 0 spiro atoms. The van der Waals surface area contributed by atoms with Gasteiger partial charge in [-0.2, -0.15) is 13.2 Å². The van der Waals surface area contributed by atoms with Gasteiger partial charge in [0, 0.05) is 16.9 Å². The number of halogens is 6. The predicted molar refractivity (Wildman–Crippen MR) is 131 cm³/mol. The lowest BCUT2D eigenvalue weighted by Gasteiger charge is -2.29. The summed E-state index contributed by atoms with van der Waals surface area (Å²) in [5, 5.41) is 1.07. The molecule has 1 fully saturated rings. The summed E-state index contributed by atoms with van der Waals surface area (Å²) in [5.74, 6) is -3.63. The molecule has 3 nitrogen and oxygen atoms in total. The molecule has 3 aromatic rings. The van der Waals surface area contributed by atoms with Gasteiger partial charge in [-0.1, -0.05) is 50.5 Å². The molecule has 0 N–H and O–H groups in total. The Morgan fingerprint density at radius 2 is 1.61 bits per heavy atom. The maximum atomic E-state index is 15.2. The summed E-state index contributed by atoms with van der Waals surface area (Å²) in [6.45, 7) is 1.61. The van der Waals surface area contributed by atoms with Gasteiger partial charge in [-0.05, 0) is 54.0 Å². The zero-order valence-electron chi connectivity index (χ0n) is 21.1. The van der Waals surface area contributed by atoms with Crippen molar-refractivity contribution in [2.75, 3.05) is 19.8 Å². The van der Waals surface area contributed by atoms with Crippen LogP contribution in [-0.2, 0) is 22.3 Å². The van der Waals surface area contributed by atoms with Crippen LogP contribution in [0.3, 0.4) is 0 Å². The fourth-order valence-corrected chi connectivity index (χ4v) is 4.61. The van der Waals surface area contributed by atoms with Crippen molar-refractivity contribution in [2.24, 2.45) is 5.92 Å². The Morgan fingerprint density at radius 1 is 0.895 bits per heavy atom. The largest absolute Gasteiger partial charge is 0.478 e. The highest BCUT2D eigenvalue weighted by atomic mass is 19.4. The molecule has 1 heterocycles. The number of ether oxygens (including phenoxy) is 3. The fourth-order valence-electron chi connectivity index (χ4n) is 4.61. The summed E-state index contributed by atoms with van der Waals surface area (Å²) >= 11 is 0. The fraction of sp³-hybridized carbons (Fsp3) is 0.448. The third-order valence-corrected chi connectivity index (χ3v) is 6.63. The molecule has 0 bridgehead atoms. The van der Waals surface area contributed by atoms with Gasteiger partial charge in [0.15, 0.2) is 30.3 Å². The van der Waals surface area contributed by atoms with Crippen molar-refractivity contribution in [3.63, 3.8) is 0 Å². The van der Waals surface area contributed by atoms with Gasteiger partial charge in [-0.3, -0.25) is 0 Å². The number of fused-ring (bicyclic) bond motifs is 1.